The van der Waals surface area contributed by atoms with E-state index in [1.807, 2.05) is 0 Å². The summed E-state index contributed by atoms with van der Waals surface area (Å²) in [5, 5.41) is 14.7. The van der Waals surface area contributed by atoms with Crippen molar-refractivity contribution >= 4 is 39.7 Å². The Hall–Kier alpha value is -4.05. The predicted molar refractivity (Wildman–Crippen MR) is 125 cm³/mol. The summed E-state index contributed by atoms with van der Waals surface area (Å²) >= 11 is 3.31. The van der Waals surface area contributed by atoms with Gasteiger partial charge in [-0.3, -0.25) is 14.9 Å². The zero-order chi connectivity index (χ0) is 23.8. The molecule has 0 fully saturated rings. The number of nitrogens with one attached hydrogen (secondary N) is 1. The van der Waals surface area contributed by atoms with Crippen molar-refractivity contribution in [1.29, 1.82) is 0 Å². The van der Waals surface area contributed by atoms with E-state index >= 15 is 0 Å². The number of nitrogens with zero attached hydrogens (tertiary/aromatic N) is 2. The fraction of sp³-hybridized carbons (Fsp3) is 0.0870. The normalized spacial score (nSPS) is 10.6. The van der Waals surface area contributed by atoms with Gasteiger partial charge in [0, 0.05) is 22.2 Å². The van der Waals surface area contributed by atoms with E-state index in [0.29, 0.717) is 23.5 Å². The summed E-state index contributed by atoms with van der Waals surface area (Å²) in [5.74, 6) is -0.571. The van der Waals surface area contributed by atoms with Gasteiger partial charge in [-0.2, -0.15) is 5.10 Å². The van der Waals surface area contributed by atoms with Crippen molar-refractivity contribution in [3.05, 3.63) is 98.0 Å². The van der Waals surface area contributed by atoms with Crippen molar-refractivity contribution in [3.8, 4) is 11.5 Å². The number of carbonyl (C=O) groups is 2. The third kappa shape index (κ3) is 6.47. The maximum atomic E-state index is 12.4. The van der Waals surface area contributed by atoms with Gasteiger partial charge in [-0.05, 0) is 67.1 Å². The van der Waals surface area contributed by atoms with E-state index in [1.54, 1.807) is 43.3 Å². The third-order valence-electron chi connectivity index (χ3n) is 4.27. The molecule has 0 heterocycles. The van der Waals surface area contributed by atoms with Crippen LogP contribution in [0.2, 0.25) is 0 Å². The molecular weight excluding hydrogens is 494 g/mol. The number of ether oxygens (including phenoxy) is 2. The van der Waals surface area contributed by atoms with E-state index in [2.05, 4.69) is 26.5 Å². The van der Waals surface area contributed by atoms with Crippen LogP contribution in [-0.4, -0.2) is 29.6 Å². The summed E-state index contributed by atoms with van der Waals surface area (Å²) in [4.78, 5) is 34.7. The summed E-state index contributed by atoms with van der Waals surface area (Å²) in [7, 11) is 0. The molecular formula is C23H18BrN3O6. The van der Waals surface area contributed by atoms with Crippen molar-refractivity contribution in [2.24, 2.45) is 5.10 Å². The van der Waals surface area contributed by atoms with Gasteiger partial charge in [-0.25, -0.2) is 10.2 Å². The minimum atomic E-state index is -0.686. The van der Waals surface area contributed by atoms with Crippen molar-refractivity contribution in [1.82, 2.24) is 5.43 Å². The fourth-order valence-corrected chi connectivity index (χ4v) is 2.93. The lowest BCUT2D eigenvalue weighted by atomic mass is 10.2. The maximum absolute atomic E-state index is 12.4. The Kier molecular flexibility index (Phi) is 7.87. The monoisotopic (exact) mass is 511 g/mol. The fourth-order valence-electron chi connectivity index (χ4n) is 2.67. The molecule has 9 nitrogen and oxygen atoms in total. The highest BCUT2D eigenvalue weighted by Crippen LogP contribution is 2.29. The molecule has 10 heteroatoms. The number of hydrogen-bond donors (Lipinski definition) is 1. The first kappa shape index (κ1) is 23.6. The second kappa shape index (κ2) is 11.0. The van der Waals surface area contributed by atoms with Crippen molar-refractivity contribution < 1.29 is 24.0 Å². The van der Waals surface area contributed by atoms with Crippen LogP contribution in [0, 0.1) is 10.1 Å². The largest absolute Gasteiger partial charge is 0.490 e. The predicted octanol–water partition coefficient (Wildman–Crippen LogP) is 4.74. The number of nitro groups is 1. The van der Waals surface area contributed by atoms with E-state index in [4.69, 9.17) is 9.47 Å². The number of nitro benzene ring substituents is 1. The Labute approximate surface area is 197 Å². The van der Waals surface area contributed by atoms with Gasteiger partial charge in [0.25, 0.3) is 11.6 Å². The molecule has 0 radical (unpaired) electrons. The number of non-ortho nitro benzene ring substituents is 1. The molecule has 3 rings (SSSR count). The maximum Gasteiger partial charge on any atom is 0.343 e. The lowest BCUT2D eigenvalue weighted by Crippen LogP contribution is -2.17. The highest BCUT2D eigenvalue weighted by atomic mass is 79.9. The van der Waals surface area contributed by atoms with Gasteiger partial charge in [-0.15, -0.1) is 0 Å². The molecule has 1 amide bonds. The minimum absolute atomic E-state index is 0.127. The molecule has 3 aromatic carbocycles. The molecule has 0 aliphatic carbocycles. The average molecular weight is 512 g/mol. The average Bonchev–Trinajstić information content (AvgIpc) is 2.81. The zero-order valence-electron chi connectivity index (χ0n) is 17.4. The van der Waals surface area contributed by atoms with Gasteiger partial charge in [0.2, 0.25) is 0 Å². The standard InChI is InChI=1S/C23H18BrN3O6/c1-2-32-21-13-15(14-25-26-22(28)16-4-8-18(24)9-5-16)3-12-20(21)33-23(29)17-6-10-19(11-7-17)27(30)31/h3-14H,2H2,1H3,(H,26,28)/b25-14-. The smallest absolute Gasteiger partial charge is 0.343 e. The lowest BCUT2D eigenvalue weighted by molar-refractivity contribution is -0.384. The van der Waals surface area contributed by atoms with E-state index in [9.17, 15) is 19.7 Å². The van der Waals surface area contributed by atoms with Crippen LogP contribution in [0.15, 0.2) is 76.3 Å². The summed E-state index contributed by atoms with van der Waals surface area (Å²) < 4.78 is 11.8. The number of hydrazone groups is 1. The number of amides is 1. The molecule has 0 aromatic heterocycles. The Morgan fingerprint density at radius 3 is 2.33 bits per heavy atom. The Balaban J connectivity index is 1.69. The molecule has 0 bridgehead atoms. The van der Waals surface area contributed by atoms with Crippen LogP contribution < -0.4 is 14.9 Å². The number of rotatable bonds is 8. The van der Waals surface area contributed by atoms with Crippen LogP contribution in [0.3, 0.4) is 0 Å². The highest BCUT2D eigenvalue weighted by molar-refractivity contribution is 9.10. The number of esters is 1. The molecule has 0 aliphatic rings. The quantitative estimate of drug-likeness (QED) is 0.153. The number of hydrogen-bond acceptors (Lipinski definition) is 7. The Morgan fingerprint density at radius 1 is 1.03 bits per heavy atom. The van der Waals surface area contributed by atoms with Crippen molar-refractivity contribution in [2.75, 3.05) is 6.61 Å². The van der Waals surface area contributed by atoms with Gasteiger partial charge in [0.05, 0.1) is 23.3 Å². The lowest BCUT2D eigenvalue weighted by Gasteiger charge is -2.11. The van der Waals surface area contributed by atoms with Gasteiger partial charge < -0.3 is 9.47 Å². The summed E-state index contributed by atoms with van der Waals surface area (Å²) in [6, 6.07) is 16.7. The minimum Gasteiger partial charge on any atom is -0.490 e. The SMILES string of the molecule is CCOc1cc(/C=N\NC(=O)c2ccc(Br)cc2)ccc1OC(=O)c1ccc([N+](=O)[O-])cc1. The van der Waals surface area contributed by atoms with Crippen LogP contribution in [0.5, 0.6) is 11.5 Å². The molecule has 3 aromatic rings. The van der Waals surface area contributed by atoms with Gasteiger partial charge in [0.1, 0.15) is 0 Å². The third-order valence-corrected chi connectivity index (χ3v) is 4.80. The first-order valence-corrected chi connectivity index (χ1v) is 10.5. The summed E-state index contributed by atoms with van der Waals surface area (Å²) in [5.41, 5.74) is 3.53. The molecule has 0 atom stereocenters. The molecule has 0 spiro atoms. The highest BCUT2D eigenvalue weighted by Gasteiger charge is 2.15. The van der Waals surface area contributed by atoms with Crippen LogP contribution in [0.25, 0.3) is 0 Å². The number of benzene rings is 3. The molecule has 0 unspecified atom stereocenters. The molecule has 1 N–H and O–H groups in total. The summed E-state index contributed by atoms with van der Waals surface area (Å²) in [6.07, 6.45) is 1.43. The molecule has 168 valence electrons. The van der Waals surface area contributed by atoms with E-state index in [1.165, 1.54) is 36.5 Å². The zero-order valence-corrected chi connectivity index (χ0v) is 18.9. The van der Waals surface area contributed by atoms with E-state index in [0.717, 1.165) is 4.47 Å². The van der Waals surface area contributed by atoms with E-state index < -0.39 is 10.9 Å². The van der Waals surface area contributed by atoms with Gasteiger partial charge >= 0.3 is 5.97 Å². The number of carbonyl (C=O) groups excluding carboxylic acids is 2. The molecule has 0 saturated heterocycles. The topological polar surface area (TPSA) is 120 Å². The molecule has 33 heavy (non-hydrogen) atoms. The second-order valence-electron chi connectivity index (χ2n) is 6.54. The van der Waals surface area contributed by atoms with Crippen LogP contribution in [-0.2, 0) is 0 Å². The molecule has 0 aliphatic heterocycles. The first-order valence-electron chi connectivity index (χ1n) is 9.70. The van der Waals surface area contributed by atoms with Crippen LogP contribution >= 0.6 is 15.9 Å². The number of halogens is 1. The Bertz CT molecular complexity index is 1190. The second-order valence-corrected chi connectivity index (χ2v) is 7.45. The molecule has 0 saturated carbocycles. The Morgan fingerprint density at radius 2 is 1.70 bits per heavy atom. The van der Waals surface area contributed by atoms with Gasteiger partial charge in [0.15, 0.2) is 11.5 Å². The van der Waals surface area contributed by atoms with Crippen molar-refractivity contribution in [2.45, 2.75) is 6.92 Å². The van der Waals surface area contributed by atoms with Gasteiger partial charge in [-0.1, -0.05) is 15.9 Å². The van der Waals surface area contributed by atoms with Crippen LogP contribution in [0.1, 0.15) is 33.2 Å². The first-order chi connectivity index (χ1) is 15.9. The van der Waals surface area contributed by atoms with E-state index in [-0.39, 0.29) is 22.9 Å². The van der Waals surface area contributed by atoms with Crippen LogP contribution in [0.4, 0.5) is 5.69 Å². The van der Waals surface area contributed by atoms with Crippen molar-refractivity contribution in [3.63, 3.8) is 0 Å². The summed E-state index contributed by atoms with van der Waals surface area (Å²) in [6.45, 7) is 2.10.